The molecule has 10 heteroatoms. The van der Waals surface area contributed by atoms with E-state index in [1.54, 1.807) is 32.8 Å². The van der Waals surface area contributed by atoms with Crippen molar-refractivity contribution in [1.29, 1.82) is 0 Å². The van der Waals surface area contributed by atoms with Crippen molar-refractivity contribution in [3.63, 3.8) is 0 Å². The number of esters is 1. The lowest BCUT2D eigenvalue weighted by molar-refractivity contribution is -0.148. The van der Waals surface area contributed by atoms with Gasteiger partial charge in [-0.2, -0.15) is 0 Å². The number of carbonyl (C=O) groups excluding carboxylic acids is 3. The van der Waals surface area contributed by atoms with Crippen molar-refractivity contribution in [3.8, 4) is 0 Å². The largest absolute Gasteiger partial charge is 0.469 e. The molecule has 2 atom stereocenters. The smallest absolute Gasteiger partial charge is 0.410 e. The second-order valence-electron chi connectivity index (χ2n) is 11.6. The monoisotopic (exact) mass is 544 g/mol. The quantitative estimate of drug-likeness (QED) is 0.326. The Kier molecular flexibility index (Phi) is 10.4. The number of carbonyl (C=O) groups is 3. The van der Waals surface area contributed by atoms with Gasteiger partial charge in [-0.25, -0.2) is 9.78 Å². The number of aromatic nitrogens is 2. The minimum Gasteiger partial charge on any atom is -0.469 e. The lowest BCUT2D eigenvalue weighted by Crippen LogP contribution is -2.57. The zero-order valence-electron chi connectivity index (χ0n) is 24.4. The van der Waals surface area contributed by atoms with Crippen LogP contribution < -0.4 is 0 Å². The summed E-state index contributed by atoms with van der Waals surface area (Å²) in [7, 11) is 3.02. The molecule has 3 rings (SSSR count). The Hall–Kier alpha value is -3.14. The van der Waals surface area contributed by atoms with Gasteiger partial charge in [-0.05, 0) is 64.5 Å². The Morgan fingerprint density at radius 2 is 1.87 bits per heavy atom. The van der Waals surface area contributed by atoms with Gasteiger partial charge in [0, 0.05) is 39.5 Å². The SMILES string of the molecule is COCCCCc1c(C(=O)N(CC(C)C)[C@H]2C[C@@H](C(=O)OC)CN(C(=O)OC(C)(C)C)C2)nc2ccccn12. The van der Waals surface area contributed by atoms with Crippen molar-refractivity contribution < 1.29 is 28.6 Å². The van der Waals surface area contributed by atoms with E-state index in [1.165, 1.54) is 12.0 Å². The van der Waals surface area contributed by atoms with Crippen LogP contribution in [0.1, 0.15) is 70.1 Å². The normalized spacial score (nSPS) is 17.9. The van der Waals surface area contributed by atoms with Crippen molar-refractivity contribution in [2.75, 3.05) is 40.5 Å². The first kappa shape index (κ1) is 30.4. The number of pyridine rings is 1. The Balaban J connectivity index is 1.98. The molecule has 1 aliphatic rings. The minimum atomic E-state index is -0.688. The first-order valence-corrected chi connectivity index (χ1v) is 13.8. The van der Waals surface area contributed by atoms with Crippen LogP contribution in [0.5, 0.6) is 0 Å². The van der Waals surface area contributed by atoms with E-state index < -0.39 is 29.6 Å². The highest BCUT2D eigenvalue weighted by molar-refractivity contribution is 5.95. The summed E-state index contributed by atoms with van der Waals surface area (Å²) in [5.74, 6) is -1.02. The zero-order chi connectivity index (χ0) is 28.7. The average Bonchev–Trinajstić information content (AvgIpc) is 3.26. The molecular weight excluding hydrogens is 500 g/mol. The van der Waals surface area contributed by atoms with E-state index >= 15 is 0 Å². The van der Waals surface area contributed by atoms with Crippen LogP contribution in [0.25, 0.3) is 5.65 Å². The number of amides is 2. The summed E-state index contributed by atoms with van der Waals surface area (Å²) >= 11 is 0. The fraction of sp³-hybridized carbons (Fsp3) is 0.655. The topological polar surface area (TPSA) is 103 Å². The summed E-state index contributed by atoms with van der Waals surface area (Å²) in [6.45, 7) is 11.0. The maximum atomic E-state index is 14.3. The molecule has 39 heavy (non-hydrogen) atoms. The van der Waals surface area contributed by atoms with E-state index in [9.17, 15) is 14.4 Å². The van der Waals surface area contributed by atoms with Crippen LogP contribution >= 0.6 is 0 Å². The summed E-state index contributed by atoms with van der Waals surface area (Å²) < 4.78 is 17.8. The first-order valence-electron chi connectivity index (χ1n) is 13.8. The summed E-state index contributed by atoms with van der Waals surface area (Å²) in [5.41, 5.74) is 1.28. The molecular formula is C29H44N4O6. The molecule has 1 saturated heterocycles. The molecule has 0 unspecified atom stereocenters. The molecule has 3 heterocycles. The van der Waals surface area contributed by atoms with Gasteiger partial charge in [0.1, 0.15) is 11.2 Å². The number of hydrogen-bond acceptors (Lipinski definition) is 7. The average molecular weight is 545 g/mol. The number of likely N-dealkylation sites (tertiary alicyclic amines) is 1. The third kappa shape index (κ3) is 7.94. The maximum Gasteiger partial charge on any atom is 0.410 e. The fourth-order valence-corrected chi connectivity index (χ4v) is 5.03. The second-order valence-corrected chi connectivity index (χ2v) is 11.6. The number of nitrogens with zero attached hydrogens (tertiary/aromatic N) is 4. The lowest BCUT2D eigenvalue weighted by atomic mass is 9.92. The number of fused-ring (bicyclic) bond motifs is 1. The van der Waals surface area contributed by atoms with Gasteiger partial charge in [0.15, 0.2) is 5.69 Å². The van der Waals surface area contributed by atoms with Crippen molar-refractivity contribution >= 4 is 23.6 Å². The van der Waals surface area contributed by atoms with Gasteiger partial charge in [0.05, 0.1) is 24.8 Å². The number of ether oxygens (including phenoxy) is 3. The van der Waals surface area contributed by atoms with Crippen LogP contribution in [-0.4, -0.2) is 89.3 Å². The molecule has 2 aromatic rings. The molecule has 2 aromatic heterocycles. The standard InChI is InChI=1S/C29H44N4O6/c1-20(2)17-33(22-16-21(27(35)38-7)18-31(19-22)28(36)39-29(3,4)5)26(34)25-23(12-9-11-15-37-6)32-14-10-8-13-24(32)30-25/h8,10,13-14,20-22H,9,11-12,15-19H2,1-7H3/t21-,22+/m1/s1. The molecule has 0 spiro atoms. The van der Waals surface area contributed by atoms with Gasteiger partial charge in [0.2, 0.25) is 0 Å². The van der Waals surface area contributed by atoms with Gasteiger partial charge in [-0.3, -0.25) is 9.59 Å². The number of unbranched alkanes of at least 4 members (excludes halogenated alkanes) is 1. The Morgan fingerprint density at radius 1 is 1.13 bits per heavy atom. The molecule has 2 amide bonds. The first-order chi connectivity index (χ1) is 18.4. The fourth-order valence-electron chi connectivity index (χ4n) is 5.03. The Bertz CT molecular complexity index is 1140. The second kappa shape index (κ2) is 13.3. The highest BCUT2D eigenvalue weighted by Gasteiger charge is 2.41. The van der Waals surface area contributed by atoms with Crippen LogP contribution in [0.15, 0.2) is 24.4 Å². The molecule has 0 aromatic carbocycles. The molecule has 1 fully saturated rings. The van der Waals surface area contributed by atoms with E-state index in [2.05, 4.69) is 0 Å². The van der Waals surface area contributed by atoms with E-state index in [4.69, 9.17) is 19.2 Å². The van der Waals surface area contributed by atoms with E-state index in [0.717, 1.165) is 18.5 Å². The van der Waals surface area contributed by atoms with Crippen LogP contribution in [0.2, 0.25) is 0 Å². The van der Waals surface area contributed by atoms with E-state index in [-0.39, 0.29) is 24.9 Å². The Labute approximate surface area is 231 Å². The molecule has 10 nitrogen and oxygen atoms in total. The van der Waals surface area contributed by atoms with E-state index in [1.807, 2.05) is 42.6 Å². The number of rotatable bonds is 10. The van der Waals surface area contributed by atoms with Crippen molar-refractivity contribution in [3.05, 3.63) is 35.8 Å². The van der Waals surface area contributed by atoms with Gasteiger partial charge >= 0.3 is 12.1 Å². The van der Waals surface area contributed by atoms with Crippen LogP contribution in [0, 0.1) is 11.8 Å². The Morgan fingerprint density at radius 3 is 2.51 bits per heavy atom. The summed E-state index contributed by atoms with van der Waals surface area (Å²) in [5, 5.41) is 0. The number of hydrogen-bond donors (Lipinski definition) is 0. The molecule has 0 N–H and O–H groups in total. The minimum absolute atomic E-state index is 0.157. The van der Waals surface area contributed by atoms with Crippen LogP contribution in [-0.2, 0) is 25.4 Å². The highest BCUT2D eigenvalue weighted by atomic mass is 16.6. The third-order valence-corrected chi connectivity index (χ3v) is 6.72. The van der Waals surface area contributed by atoms with Crippen molar-refractivity contribution in [2.45, 2.75) is 71.9 Å². The maximum absolute atomic E-state index is 14.3. The number of methoxy groups -OCH3 is 2. The molecule has 0 aliphatic carbocycles. The zero-order valence-corrected chi connectivity index (χ0v) is 24.4. The van der Waals surface area contributed by atoms with Crippen molar-refractivity contribution in [1.82, 2.24) is 19.2 Å². The summed E-state index contributed by atoms with van der Waals surface area (Å²) in [6, 6.07) is 5.31. The number of imidazole rings is 1. The molecule has 216 valence electrons. The molecule has 0 bridgehead atoms. The highest BCUT2D eigenvalue weighted by Crippen LogP contribution is 2.27. The lowest BCUT2D eigenvalue weighted by Gasteiger charge is -2.42. The van der Waals surface area contributed by atoms with Gasteiger partial charge in [-0.15, -0.1) is 0 Å². The van der Waals surface area contributed by atoms with Gasteiger partial charge < -0.3 is 28.4 Å². The predicted molar refractivity (Wildman–Crippen MR) is 148 cm³/mol. The van der Waals surface area contributed by atoms with Gasteiger partial charge in [0.25, 0.3) is 5.91 Å². The number of aryl methyl sites for hydroxylation is 1. The molecule has 0 saturated carbocycles. The molecule has 1 aliphatic heterocycles. The summed E-state index contributed by atoms with van der Waals surface area (Å²) in [6.07, 6.45) is 4.20. The van der Waals surface area contributed by atoms with Crippen LogP contribution in [0.4, 0.5) is 4.79 Å². The summed E-state index contributed by atoms with van der Waals surface area (Å²) in [4.78, 5) is 48.1. The number of piperidine rings is 1. The van der Waals surface area contributed by atoms with Gasteiger partial charge in [-0.1, -0.05) is 19.9 Å². The van der Waals surface area contributed by atoms with Crippen molar-refractivity contribution in [2.24, 2.45) is 11.8 Å². The predicted octanol–water partition coefficient (Wildman–Crippen LogP) is 4.20. The van der Waals surface area contributed by atoms with Crippen LogP contribution in [0.3, 0.4) is 0 Å². The molecule has 0 radical (unpaired) electrons. The third-order valence-electron chi connectivity index (χ3n) is 6.72. The van der Waals surface area contributed by atoms with E-state index in [0.29, 0.717) is 37.3 Å².